The van der Waals surface area contributed by atoms with Crippen LogP contribution in [0.2, 0.25) is 0 Å². The molecule has 2 rings (SSSR count). The van der Waals surface area contributed by atoms with Crippen molar-refractivity contribution in [3.05, 3.63) is 47.8 Å². The molecule has 94 valence electrons. The zero-order valence-corrected chi connectivity index (χ0v) is 10.4. The van der Waals surface area contributed by atoms with Crippen molar-refractivity contribution in [2.75, 3.05) is 6.61 Å². The summed E-state index contributed by atoms with van der Waals surface area (Å²) >= 11 is 0. The number of aromatic nitrogens is 1. The summed E-state index contributed by atoms with van der Waals surface area (Å²) in [6.07, 6.45) is 0. The van der Waals surface area contributed by atoms with E-state index in [0.717, 1.165) is 17.1 Å². The largest absolute Gasteiger partial charge is 0.482 e. The van der Waals surface area contributed by atoms with Gasteiger partial charge < -0.3 is 14.4 Å². The highest BCUT2D eigenvalue weighted by molar-refractivity contribution is 5.68. The molecule has 0 saturated carbocycles. The second-order valence-electron chi connectivity index (χ2n) is 4.13. The number of aliphatic carboxylic acids is 1. The van der Waals surface area contributed by atoms with Crippen molar-refractivity contribution >= 4 is 5.97 Å². The van der Waals surface area contributed by atoms with Crippen molar-refractivity contribution in [1.29, 1.82) is 0 Å². The molecule has 0 fully saturated rings. The van der Waals surface area contributed by atoms with Gasteiger partial charge in [-0.25, -0.2) is 4.79 Å². The van der Waals surface area contributed by atoms with E-state index in [0.29, 0.717) is 5.75 Å². The van der Waals surface area contributed by atoms with Crippen molar-refractivity contribution in [2.24, 2.45) is 0 Å². The summed E-state index contributed by atoms with van der Waals surface area (Å²) in [5.74, 6) is -0.417. The zero-order chi connectivity index (χ0) is 13.1. The van der Waals surface area contributed by atoms with Gasteiger partial charge in [0.25, 0.3) is 0 Å². The molecule has 0 radical (unpaired) electrons. The molecule has 0 bridgehead atoms. The molecule has 0 atom stereocenters. The highest BCUT2D eigenvalue weighted by Crippen LogP contribution is 2.19. The van der Waals surface area contributed by atoms with Gasteiger partial charge >= 0.3 is 5.97 Å². The summed E-state index contributed by atoms with van der Waals surface area (Å²) < 4.78 is 7.22. The van der Waals surface area contributed by atoms with Gasteiger partial charge in [0.15, 0.2) is 6.61 Å². The van der Waals surface area contributed by atoms with Gasteiger partial charge in [-0.3, -0.25) is 0 Å². The minimum Gasteiger partial charge on any atom is -0.482 e. The Morgan fingerprint density at radius 3 is 2.17 bits per heavy atom. The van der Waals surface area contributed by atoms with Gasteiger partial charge in [0.05, 0.1) is 0 Å². The molecule has 0 spiro atoms. The van der Waals surface area contributed by atoms with Crippen LogP contribution in [0.4, 0.5) is 0 Å². The van der Waals surface area contributed by atoms with Crippen LogP contribution in [-0.4, -0.2) is 22.2 Å². The third-order valence-corrected chi connectivity index (χ3v) is 2.73. The lowest BCUT2D eigenvalue weighted by Crippen LogP contribution is -2.09. The topological polar surface area (TPSA) is 51.5 Å². The number of aryl methyl sites for hydroxylation is 2. The SMILES string of the molecule is Cc1ccc(C)n1-c1ccc(OCC(=O)O)cc1. The Labute approximate surface area is 105 Å². The summed E-state index contributed by atoms with van der Waals surface area (Å²) in [5.41, 5.74) is 3.36. The maximum absolute atomic E-state index is 10.4. The minimum atomic E-state index is -0.976. The van der Waals surface area contributed by atoms with Gasteiger partial charge in [-0.2, -0.15) is 0 Å². The van der Waals surface area contributed by atoms with Crippen LogP contribution in [0, 0.1) is 13.8 Å². The molecule has 18 heavy (non-hydrogen) atoms. The predicted octanol–water partition coefficient (Wildman–Crippen LogP) is 2.56. The third kappa shape index (κ3) is 2.53. The van der Waals surface area contributed by atoms with Gasteiger partial charge in [0, 0.05) is 17.1 Å². The Morgan fingerprint density at radius 2 is 1.67 bits per heavy atom. The fourth-order valence-corrected chi connectivity index (χ4v) is 1.91. The Hall–Kier alpha value is -2.23. The van der Waals surface area contributed by atoms with E-state index in [1.54, 1.807) is 12.1 Å². The lowest BCUT2D eigenvalue weighted by atomic mass is 10.3. The van der Waals surface area contributed by atoms with Crippen LogP contribution in [-0.2, 0) is 4.79 Å². The summed E-state index contributed by atoms with van der Waals surface area (Å²) in [4.78, 5) is 10.4. The number of carboxylic acids is 1. The van der Waals surface area contributed by atoms with Gasteiger partial charge in [-0.1, -0.05) is 0 Å². The minimum absolute atomic E-state index is 0.319. The first-order chi connectivity index (χ1) is 8.58. The molecule has 0 amide bonds. The number of benzene rings is 1. The van der Waals surface area contributed by atoms with E-state index in [-0.39, 0.29) is 6.61 Å². The molecule has 0 aliphatic carbocycles. The normalized spacial score (nSPS) is 10.3. The van der Waals surface area contributed by atoms with Crippen LogP contribution in [0.15, 0.2) is 36.4 Å². The van der Waals surface area contributed by atoms with Crippen LogP contribution < -0.4 is 4.74 Å². The van der Waals surface area contributed by atoms with Gasteiger partial charge in [-0.05, 0) is 50.2 Å². The molecular formula is C14H15NO3. The third-order valence-electron chi connectivity index (χ3n) is 2.73. The summed E-state index contributed by atoms with van der Waals surface area (Å²) in [5, 5.41) is 8.52. The van der Waals surface area contributed by atoms with Crippen molar-refractivity contribution < 1.29 is 14.6 Å². The van der Waals surface area contributed by atoms with Crippen molar-refractivity contribution in [3.63, 3.8) is 0 Å². The lowest BCUT2D eigenvalue weighted by molar-refractivity contribution is -0.139. The van der Waals surface area contributed by atoms with E-state index in [2.05, 4.69) is 16.7 Å². The number of rotatable bonds is 4. The first-order valence-corrected chi connectivity index (χ1v) is 5.68. The molecule has 1 N–H and O–H groups in total. The maximum Gasteiger partial charge on any atom is 0.341 e. The highest BCUT2D eigenvalue weighted by atomic mass is 16.5. The average molecular weight is 245 g/mol. The van der Waals surface area contributed by atoms with Crippen LogP contribution >= 0.6 is 0 Å². The molecule has 0 saturated heterocycles. The number of ether oxygens (including phenoxy) is 1. The number of hydrogen-bond acceptors (Lipinski definition) is 2. The van der Waals surface area contributed by atoms with E-state index in [1.807, 2.05) is 26.0 Å². The molecule has 4 nitrogen and oxygen atoms in total. The molecule has 2 aromatic rings. The van der Waals surface area contributed by atoms with E-state index in [9.17, 15) is 4.79 Å². The molecular weight excluding hydrogens is 230 g/mol. The van der Waals surface area contributed by atoms with Crippen LogP contribution in [0.3, 0.4) is 0 Å². The molecule has 1 heterocycles. The van der Waals surface area contributed by atoms with Crippen molar-refractivity contribution in [2.45, 2.75) is 13.8 Å². The summed E-state index contributed by atoms with van der Waals surface area (Å²) in [7, 11) is 0. The quantitative estimate of drug-likeness (QED) is 0.900. The van der Waals surface area contributed by atoms with Crippen LogP contribution in [0.25, 0.3) is 5.69 Å². The Kier molecular flexibility index (Phi) is 3.37. The maximum atomic E-state index is 10.4. The average Bonchev–Trinajstić information content (AvgIpc) is 2.67. The highest BCUT2D eigenvalue weighted by Gasteiger charge is 2.04. The van der Waals surface area contributed by atoms with E-state index in [4.69, 9.17) is 9.84 Å². The fraction of sp³-hybridized carbons (Fsp3) is 0.214. The smallest absolute Gasteiger partial charge is 0.341 e. The first-order valence-electron chi connectivity index (χ1n) is 5.68. The number of carbonyl (C=O) groups is 1. The second kappa shape index (κ2) is 4.96. The van der Waals surface area contributed by atoms with E-state index >= 15 is 0 Å². The van der Waals surface area contributed by atoms with Gasteiger partial charge in [0.2, 0.25) is 0 Å². The second-order valence-corrected chi connectivity index (χ2v) is 4.13. The predicted molar refractivity (Wildman–Crippen MR) is 68.4 cm³/mol. The van der Waals surface area contributed by atoms with Gasteiger partial charge in [-0.15, -0.1) is 0 Å². The summed E-state index contributed by atoms with van der Waals surface area (Å²) in [6.45, 7) is 3.77. The molecule has 1 aromatic heterocycles. The zero-order valence-electron chi connectivity index (χ0n) is 10.4. The molecule has 0 aliphatic heterocycles. The Bertz CT molecular complexity index is 535. The summed E-state index contributed by atoms with van der Waals surface area (Å²) in [6, 6.07) is 11.5. The lowest BCUT2D eigenvalue weighted by Gasteiger charge is -2.10. The monoisotopic (exact) mass is 245 g/mol. The van der Waals surface area contributed by atoms with E-state index < -0.39 is 5.97 Å². The van der Waals surface area contributed by atoms with Crippen molar-refractivity contribution in [3.8, 4) is 11.4 Å². The van der Waals surface area contributed by atoms with Gasteiger partial charge in [0.1, 0.15) is 5.75 Å². The first kappa shape index (κ1) is 12.2. The molecule has 4 heteroatoms. The standard InChI is InChI=1S/C14H15NO3/c1-10-3-4-11(2)15(10)12-5-7-13(8-6-12)18-9-14(16)17/h3-8H,9H2,1-2H3,(H,16,17). The van der Waals surface area contributed by atoms with E-state index in [1.165, 1.54) is 0 Å². The van der Waals surface area contributed by atoms with Crippen LogP contribution in [0.5, 0.6) is 5.75 Å². The number of nitrogens with zero attached hydrogens (tertiary/aromatic N) is 1. The van der Waals surface area contributed by atoms with Crippen LogP contribution in [0.1, 0.15) is 11.4 Å². The number of hydrogen-bond donors (Lipinski definition) is 1. The molecule has 0 unspecified atom stereocenters. The molecule has 0 aliphatic rings. The molecule has 1 aromatic carbocycles. The Balaban J connectivity index is 2.20. The Morgan fingerprint density at radius 1 is 1.11 bits per heavy atom. The van der Waals surface area contributed by atoms with Crippen molar-refractivity contribution in [1.82, 2.24) is 4.57 Å². The number of carboxylic acid groups (broad SMARTS) is 1. The fourth-order valence-electron chi connectivity index (χ4n) is 1.91.